The molecule has 0 atom stereocenters. The predicted molar refractivity (Wildman–Crippen MR) is 109 cm³/mol. The molecule has 0 saturated carbocycles. The number of aromatic nitrogens is 3. The highest BCUT2D eigenvalue weighted by molar-refractivity contribution is 5.77. The van der Waals surface area contributed by atoms with E-state index in [2.05, 4.69) is 32.1 Å². The third-order valence-corrected chi connectivity index (χ3v) is 4.35. The molecule has 0 spiro atoms. The highest BCUT2D eigenvalue weighted by atomic mass is 16.2. The number of anilines is 2. The molecule has 0 bridgehead atoms. The van der Waals surface area contributed by atoms with Crippen LogP contribution in [-0.2, 0) is 0 Å². The summed E-state index contributed by atoms with van der Waals surface area (Å²) in [5, 5.41) is 2.82. The minimum Gasteiger partial charge on any atom is -0.384 e. The minimum absolute atomic E-state index is 0.0629. The minimum atomic E-state index is -0.0629. The van der Waals surface area contributed by atoms with Crippen LogP contribution in [0.25, 0.3) is 5.57 Å². The molecular weight excluding hydrogens is 354 g/mol. The van der Waals surface area contributed by atoms with Crippen LogP contribution in [-0.4, -0.2) is 45.5 Å². The molecule has 8 heteroatoms. The molecule has 28 heavy (non-hydrogen) atoms. The van der Waals surface area contributed by atoms with Crippen molar-refractivity contribution in [2.75, 3.05) is 31.1 Å². The monoisotopic (exact) mass is 377 g/mol. The van der Waals surface area contributed by atoms with Gasteiger partial charge in [-0.05, 0) is 38.0 Å². The number of nitrogen functional groups attached to an aromatic ring is 2. The summed E-state index contributed by atoms with van der Waals surface area (Å²) in [5.41, 5.74) is 15.4. The van der Waals surface area contributed by atoms with Gasteiger partial charge in [-0.2, -0.15) is 0 Å². The van der Waals surface area contributed by atoms with E-state index in [-0.39, 0.29) is 12.0 Å². The van der Waals surface area contributed by atoms with E-state index in [1.807, 2.05) is 26.0 Å². The zero-order valence-corrected chi connectivity index (χ0v) is 16.0. The maximum Gasteiger partial charge on any atom is 0.317 e. The lowest BCUT2D eigenvalue weighted by Gasteiger charge is -2.26. The zero-order valence-electron chi connectivity index (χ0n) is 16.0. The highest BCUT2D eigenvalue weighted by Crippen LogP contribution is 2.25. The Hall–Kier alpha value is -3.60. The summed E-state index contributed by atoms with van der Waals surface area (Å²) in [6.07, 6.45) is 4.29. The van der Waals surface area contributed by atoms with Gasteiger partial charge in [0.15, 0.2) is 0 Å². The van der Waals surface area contributed by atoms with Crippen molar-refractivity contribution in [2.24, 2.45) is 0 Å². The van der Waals surface area contributed by atoms with Gasteiger partial charge in [0, 0.05) is 31.4 Å². The number of pyridine rings is 1. The maximum absolute atomic E-state index is 12.0. The smallest absolute Gasteiger partial charge is 0.317 e. The van der Waals surface area contributed by atoms with Crippen LogP contribution in [0, 0.1) is 18.8 Å². The molecule has 3 heterocycles. The first kappa shape index (κ1) is 19.2. The Morgan fingerprint density at radius 3 is 2.75 bits per heavy atom. The van der Waals surface area contributed by atoms with Crippen molar-refractivity contribution >= 4 is 23.4 Å². The molecule has 144 valence electrons. The molecule has 1 aliphatic rings. The Morgan fingerprint density at radius 2 is 2.11 bits per heavy atom. The third kappa shape index (κ3) is 4.38. The molecule has 0 aromatic carbocycles. The summed E-state index contributed by atoms with van der Waals surface area (Å²) in [7, 11) is 0. The molecule has 2 amide bonds. The van der Waals surface area contributed by atoms with Gasteiger partial charge in [-0.15, -0.1) is 0 Å². The topological polar surface area (TPSA) is 123 Å². The number of rotatable bonds is 2. The molecule has 0 radical (unpaired) electrons. The number of carbonyl (C=O) groups excluding carboxylic acids is 1. The van der Waals surface area contributed by atoms with Gasteiger partial charge in [-0.3, -0.25) is 0 Å². The number of amides is 2. The average molecular weight is 377 g/mol. The fourth-order valence-corrected chi connectivity index (χ4v) is 2.92. The Morgan fingerprint density at radius 1 is 1.29 bits per heavy atom. The van der Waals surface area contributed by atoms with Gasteiger partial charge in [0.2, 0.25) is 5.95 Å². The van der Waals surface area contributed by atoms with Crippen LogP contribution in [0.2, 0.25) is 0 Å². The van der Waals surface area contributed by atoms with Crippen LogP contribution in [0.1, 0.15) is 35.9 Å². The molecule has 0 saturated heterocycles. The van der Waals surface area contributed by atoms with Gasteiger partial charge >= 0.3 is 6.03 Å². The standard InChI is InChI=1S/C20H23N7O/c1-3-23-20(28)27-10-8-15(9-11-27)18-16(13(2)25-19(22)26-18)6-4-14-5-7-17(21)24-12-14/h5,7-8,12H,3,9-11H2,1-2H3,(H2,21,24)(H,23,28)(H2,22,25,26). The largest absolute Gasteiger partial charge is 0.384 e. The lowest BCUT2D eigenvalue weighted by atomic mass is 9.99. The van der Waals surface area contributed by atoms with Gasteiger partial charge in [0.05, 0.1) is 17.0 Å². The lowest BCUT2D eigenvalue weighted by molar-refractivity contribution is 0.203. The van der Waals surface area contributed by atoms with E-state index >= 15 is 0 Å². The van der Waals surface area contributed by atoms with Crippen molar-refractivity contribution in [3.8, 4) is 11.8 Å². The van der Waals surface area contributed by atoms with E-state index < -0.39 is 0 Å². The number of nitrogens with one attached hydrogen (secondary N) is 1. The van der Waals surface area contributed by atoms with Gasteiger partial charge in [0.1, 0.15) is 5.82 Å². The first-order chi connectivity index (χ1) is 13.5. The lowest BCUT2D eigenvalue weighted by Crippen LogP contribution is -2.42. The number of aryl methyl sites for hydroxylation is 1. The Labute approximate surface area is 164 Å². The normalized spacial score (nSPS) is 13.4. The van der Waals surface area contributed by atoms with Crippen LogP contribution in [0.5, 0.6) is 0 Å². The molecular formula is C20H23N7O. The highest BCUT2D eigenvalue weighted by Gasteiger charge is 2.20. The van der Waals surface area contributed by atoms with Crippen molar-refractivity contribution < 1.29 is 4.79 Å². The van der Waals surface area contributed by atoms with Crippen LogP contribution < -0.4 is 16.8 Å². The molecule has 2 aromatic heterocycles. The van der Waals surface area contributed by atoms with E-state index in [0.717, 1.165) is 22.4 Å². The number of carbonyl (C=O) groups is 1. The van der Waals surface area contributed by atoms with E-state index in [0.29, 0.717) is 37.6 Å². The second kappa shape index (κ2) is 8.39. The fraction of sp³-hybridized carbons (Fsp3) is 0.300. The van der Waals surface area contributed by atoms with Crippen molar-refractivity contribution in [1.29, 1.82) is 0 Å². The average Bonchev–Trinajstić information content (AvgIpc) is 2.68. The van der Waals surface area contributed by atoms with E-state index in [4.69, 9.17) is 11.5 Å². The molecule has 8 nitrogen and oxygen atoms in total. The summed E-state index contributed by atoms with van der Waals surface area (Å²) in [5.74, 6) is 6.89. The SMILES string of the molecule is CCNC(=O)N1CC=C(c2nc(N)nc(C)c2C#Cc2ccc(N)nc2)CC1. The van der Waals surface area contributed by atoms with E-state index in [1.165, 1.54) is 0 Å². The number of hydrogen-bond donors (Lipinski definition) is 3. The summed E-state index contributed by atoms with van der Waals surface area (Å²) in [6, 6.07) is 3.45. The summed E-state index contributed by atoms with van der Waals surface area (Å²) < 4.78 is 0. The number of nitrogens with zero attached hydrogens (tertiary/aromatic N) is 4. The van der Waals surface area contributed by atoms with Crippen LogP contribution >= 0.6 is 0 Å². The predicted octanol–water partition coefficient (Wildman–Crippen LogP) is 1.56. The second-order valence-electron chi connectivity index (χ2n) is 6.37. The Balaban J connectivity index is 1.92. The molecule has 2 aromatic rings. The Kier molecular flexibility index (Phi) is 5.75. The van der Waals surface area contributed by atoms with Crippen LogP contribution in [0.15, 0.2) is 24.4 Å². The molecule has 5 N–H and O–H groups in total. The molecule has 0 unspecified atom stereocenters. The second-order valence-corrected chi connectivity index (χ2v) is 6.37. The summed E-state index contributed by atoms with van der Waals surface area (Å²) in [6.45, 7) is 5.48. The molecule has 3 rings (SSSR count). The number of urea groups is 1. The number of nitrogens with two attached hydrogens (primary N) is 2. The van der Waals surface area contributed by atoms with Crippen molar-refractivity contribution in [1.82, 2.24) is 25.2 Å². The third-order valence-electron chi connectivity index (χ3n) is 4.35. The van der Waals surface area contributed by atoms with E-state index in [1.54, 1.807) is 17.2 Å². The molecule has 1 aliphatic heterocycles. The molecule has 0 fully saturated rings. The Bertz CT molecular complexity index is 971. The quantitative estimate of drug-likeness (QED) is 0.683. The van der Waals surface area contributed by atoms with Crippen molar-refractivity contribution in [2.45, 2.75) is 20.3 Å². The van der Waals surface area contributed by atoms with Gasteiger partial charge in [0.25, 0.3) is 0 Å². The molecule has 0 aliphatic carbocycles. The number of hydrogen-bond acceptors (Lipinski definition) is 6. The van der Waals surface area contributed by atoms with Crippen molar-refractivity contribution in [3.63, 3.8) is 0 Å². The summed E-state index contributed by atoms with van der Waals surface area (Å²) >= 11 is 0. The summed E-state index contributed by atoms with van der Waals surface area (Å²) in [4.78, 5) is 26.5. The van der Waals surface area contributed by atoms with Gasteiger partial charge in [-0.1, -0.05) is 17.9 Å². The zero-order chi connectivity index (χ0) is 20.1. The van der Waals surface area contributed by atoms with Crippen LogP contribution in [0.4, 0.5) is 16.6 Å². The maximum atomic E-state index is 12.0. The van der Waals surface area contributed by atoms with Gasteiger partial charge in [-0.25, -0.2) is 19.7 Å². The fourth-order valence-electron chi connectivity index (χ4n) is 2.92. The first-order valence-corrected chi connectivity index (χ1v) is 9.07. The first-order valence-electron chi connectivity index (χ1n) is 9.07. The van der Waals surface area contributed by atoms with Crippen molar-refractivity contribution in [3.05, 3.63) is 46.9 Å². The van der Waals surface area contributed by atoms with E-state index in [9.17, 15) is 4.79 Å². The van der Waals surface area contributed by atoms with Gasteiger partial charge < -0.3 is 21.7 Å². The van der Waals surface area contributed by atoms with Crippen LogP contribution in [0.3, 0.4) is 0 Å².